The van der Waals surface area contributed by atoms with Crippen LogP contribution in [-0.4, -0.2) is 26.6 Å². The fourth-order valence-electron chi connectivity index (χ4n) is 3.02. The topological polar surface area (TPSA) is 74.6 Å². The third-order valence-corrected chi connectivity index (χ3v) is 5.49. The van der Waals surface area contributed by atoms with Crippen LogP contribution in [-0.2, 0) is 9.59 Å². The van der Waals surface area contributed by atoms with Crippen LogP contribution in [0.5, 0.6) is 5.75 Å². The van der Waals surface area contributed by atoms with Crippen LogP contribution in [0.1, 0.15) is 5.69 Å². The van der Waals surface area contributed by atoms with Gasteiger partial charge in [0.25, 0.3) is 11.8 Å². The number of hydrogen-bond donors (Lipinski definition) is 2. The zero-order valence-corrected chi connectivity index (χ0v) is 17.5. The Kier molecular flexibility index (Phi) is 5.34. The van der Waals surface area contributed by atoms with E-state index in [-0.39, 0.29) is 21.5 Å². The summed E-state index contributed by atoms with van der Waals surface area (Å²) in [6.45, 7) is 0. The fourth-order valence-corrected chi connectivity index (χ4v) is 3.60. The molecule has 1 fully saturated rings. The monoisotopic (exact) mass is 457 g/mol. The predicted octanol–water partition coefficient (Wildman–Crippen LogP) is 4.32. The van der Waals surface area contributed by atoms with Crippen LogP contribution in [0, 0.1) is 0 Å². The first-order valence-corrected chi connectivity index (χ1v) is 9.85. The van der Waals surface area contributed by atoms with Crippen molar-refractivity contribution in [3.8, 4) is 11.4 Å². The first kappa shape index (κ1) is 20.2. The summed E-state index contributed by atoms with van der Waals surface area (Å²) in [5.74, 6) is -1.04. The molecule has 2 N–H and O–H groups in total. The molecule has 4 rings (SSSR count). The molecule has 1 saturated heterocycles. The molecule has 1 aliphatic rings. The van der Waals surface area contributed by atoms with Gasteiger partial charge in [0.15, 0.2) is 5.11 Å². The van der Waals surface area contributed by atoms with Crippen molar-refractivity contribution in [2.75, 3.05) is 4.90 Å². The molecule has 0 saturated carbocycles. The van der Waals surface area contributed by atoms with E-state index in [9.17, 15) is 14.7 Å². The van der Waals surface area contributed by atoms with Crippen molar-refractivity contribution in [3.63, 3.8) is 0 Å². The van der Waals surface area contributed by atoms with Gasteiger partial charge in [-0.15, -0.1) is 0 Å². The molecule has 0 atom stereocenters. The second-order valence-electron chi connectivity index (χ2n) is 6.38. The zero-order chi connectivity index (χ0) is 21.4. The van der Waals surface area contributed by atoms with Gasteiger partial charge in [-0.05, 0) is 72.9 Å². The number of phenols is 1. The Morgan fingerprint density at radius 2 is 1.67 bits per heavy atom. The number of halogens is 2. The van der Waals surface area contributed by atoms with Gasteiger partial charge in [-0.1, -0.05) is 23.2 Å². The number of carbonyl (C=O) groups is 2. The van der Waals surface area contributed by atoms with E-state index >= 15 is 0 Å². The van der Waals surface area contributed by atoms with Crippen LogP contribution in [0.3, 0.4) is 0 Å². The van der Waals surface area contributed by atoms with Crippen LogP contribution >= 0.6 is 35.4 Å². The highest BCUT2D eigenvalue weighted by Crippen LogP contribution is 2.29. The van der Waals surface area contributed by atoms with Crippen LogP contribution in [0.25, 0.3) is 11.8 Å². The number of anilines is 1. The Labute approximate surface area is 186 Å². The Balaban J connectivity index is 1.74. The molecule has 1 aliphatic heterocycles. The summed E-state index contributed by atoms with van der Waals surface area (Å²) in [6, 6.07) is 14.7. The van der Waals surface area contributed by atoms with Gasteiger partial charge in [0.1, 0.15) is 11.3 Å². The maximum absolute atomic E-state index is 13.2. The van der Waals surface area contributed by atoms with Crippen LogP contribution in [0.2, 0.25) is 10.0 Å². The number of amides is 2. The number of carbonyl (C=O) groups excluding carboxylic acids is 2. The highest BCUT2D eigenvalue weighted by molar-refractivity contribution is 7.80. The van der Waals surface area contributed by atoms with E-state index < -0.39 is 11.8 Å². The van der Waals surface area contributed by atoms with Crippen molar-refractivity contribution < 1.29 is 14.7 Å². The lowest BCUT2D eigenvalue weighted by molar-refractivity contribution is -0.122. The molecule has 3 aromatic rings. The minimum Gasteiger partial charge on any atom is -0.508 e. The second kappa shape index (κ2) is 7.95. The quantitative estimate of drug-likeness (QED) is 0.348. The number of benzene rings is 2. The number of nitrogens with one attached hydrogen (secondary N) is 1. The Hall–Kier alpha value is -3.13. The highest BCUT2D eigenvalue weighted by atomic mass is 35.5. The minimum absolute atomic E-state index is 0.0468. The normalized spacial score (nSPS) is 15.6. The van der Waals surface area contributed by atoms with Crippen molar-refractivity contribution in [2.45, 2.75) is 0 Å². The number of aromatic hydroxyl groups is 1. The van der Waals surface area contributed by atoms with Gasteiger partial charge in [0, 0.05) is 17.6 Å². The molecule has 0 aliphatic carbocycles. The SMILES string of the molecule is O=C1NC(=S)N(c2ccc(Cl)c(Cl)c2)C(=O)/C1=C/c1cccn1-c1ccc(O)cc1. The maximum Gasteiger partial charge on any atom is 0.270 e. The summed E-state index contributed by atoms with van der Waals surface area (Å²) in [4.78, 5) is 26.9. The molecule has 0 unspecified atom stereocenters. The number of phenolic OH excluding ortho intramolecular Hbond substituents is 1. The summed E-state index contributed by atoms with van der Waals surface area (Å²) < 4.78 is 1.78. The molecule has 2 heterocycles. The molecular formula is C21H13Cl2N3O3S. The summed E-state index contributed by atoms with van der Waals surface area (Å²) in [5.41, 5.74) is 1.65. The third-order valence-electron chi connectivity index (χ3n) is 4.46. The summed E-state index contributed by atoms with van der Waals surface area (Å²) in [6.07, 6.45) is 3.27. The molecule has 6 nitrogen and oxygen atoms in total. The lowest BCUT2D eigenvalue weighted by atomic mass is 10.1. The van der Waals surface area contributed by atoms with Crippen LogP contribution in [0.15, 0.2) is 66.4 Å². The van der Waals surface area contributed by atoms with E-state index in [4.69, 9.17) is 35.4 Å². The maximum atomic E-state index is 13.2. The lowest BCUT2D eigenvalue weighted by Gasteiger charge is -2.29. The minimum atomic E-state index is -0.597. The van der Waals surface area contributed by atoms with E-state index in [1.54, 1.807) is 59.3 Å². The smallest absolute Gasteiger partial charge is 0.270 e. The lowest BCUT2D eigenvalue weighted by Crippen LogP contribution is -2.54. The zero-order valence-electron chi connectivity index (χ0n) is 15.2. The largest absolute Gasteiger partial charge is 0.508 e. The van der Waals surface area contributed by atoms with E-state index in [2.05, 4.69) is 5.32 Å². The highest BCUT2D eigenvalue weighted by Gasteiger charge is 2.34. The van der Waals surface area contributed by atoms with Gasteiger partial charge in [-0.3, -0.25) is 19.8 Å². The van der Waals surface area contributed by atoms with E-state index in [0.717, 1.165) is 5.69 Å². The van der Waals surface area contributed by atoms with Crippen molar-refractivity contribution in [3.05, 3.63) is 82.1 Å². The fraction of sp³-hybridized carbons (Fsp3) is 0. The molecule has 0 spiro atoms. The number of thiocarbonyl (C=S) groups is 1. The first-order chi connectivity index (χ1) is 14.3. The van der Waals surface area contributed by atoms with Crippen LogP contribution in [0.4, 0.5) is 5.69 Å². The number of rotatable bonds is 3. The summed E-state index contributed by atoms with van der Waals surface area (Å²) in [7, 11) is 0. The van der Waals surface area contributed by atoms with Crippen molar-refractivity contribution in [1.82, 2.24) is 9.88 Å². The third kappa shape index (κ3) is 3.70. The van der Waals surface area contributed by atoms with Gasteiger partial charge in [-0.25, -0.2) is 0 Å². The Morgan fingerprint density at radius 3 is 2.37 bits per heavy atom. The van der Waals surface area contributed by atoms with Crippen molar-refractivity contribution >= 4 is 64.1 Å². The average Bonchev–Trinajstić information content (AvgIpc) is 3.16. The summed E-state index contributed by atoms with van der Waals surface area (Å²) in [5, 5.41) is 12.6. The molecular weight excluding hydrogens is 445 g/mol. The van der Waals surface area contributed by atoms with E-state index in [0.29, 0.717) is 16.4 Å². The number of aromatic nitrogens is 1. The van der Waals surface area contributed by atoms with Gasteiger partial charge in [0.05, 0.1) is 15.7 Å². The molecule has 30 heavy (non-hydrogen) atoms. The Bertz CT molecular complexity index is 1220. The van der Waals surface area contributed by atoms with E-state index in [1.165, 1.54) is 17.0 Å². The van der Waals surface area contributed by atoms with Crippen LogP contribution < -0.4 is 10.2 Å². The predicted molar refractivity (Wildman–Crippen MR) is 120 cm³/mol. The summed E-state index contributed by atoms with van der Waals surface area (Å²) >= 11 is 17.2. The van der Waals surface area contributed by atoms with Crippen molar-refractivity contribution in [1.29, 1.82) is 0 Å². The standard InChI is InChI=1S/C21H13Cl2N3O3S/c22-17-8-5-14(11-18(17)23)26-20(29)16(19(28)24-21(26)30)10-13-2-1-9-25(13)12-3-6-15(27)7-4-12/h1-11,27H,(H,24,28,30)/b16-10+. The molecule has 150 valence electrons. The Morgan fingerprint density at radius 1 is 0.967 bits per heavy atom. The second-order valence-corrected chi connectivity index (χ2v) is 7.58. The molecule has 0 bridgehead atoms. The molecule has 9 heteroatoms. The van der Waals surface area contributed by atoms with Gasteiger partial charge < -0.3 is 9.67 Å². The molecule has 1 aromatic heterocycles. The van der Waals surface area contributed by atoms with Crippen molar-refractivity contribution in [2.24, 2.45) is 0 Å². The van der Waals surface area contributed by atoms with Gasteiger partial charge in [0.2, 0.25) is 0 Å². The number of hydrogen-bond acceptors (Lipinski definition) is 4. The average molecular weight is 458 g/mol. The first-order valence-electron chi connectivity index (χ1n) is 8.68. The van der Waals surface area contributed by atoms with Gasteiger partial charge in [-0.2, -0.15) is 0 Å². The molecule has 2 amide bonds. The number of nitrogens with zero attached hydrogens (tertiary/aromatic N) is 2. The molecule has 0 radical (unpaired) electrons. The van der Waals surface area contributed by atoms with Gasteiger partial charge >= 0.3 is 0 Å². The van der Waals surface area contributed by atoms with E-state index in [1.807, 2.05) is 0 Å². The molecule has 2 aromatic carbocycles.